The van der Waals surface area contributed by atoms with Crippen LogP contribution < -0.4 is 5.32 Å². The van der Waals surface area contributed by atoms with Crippen molar-refractivity contribution in [3.63, 3.8) is 0 Å². The quantitative estimate of drug-likeness (QED) is 0.731. The molecule has 1 aliphatic rings. The standard InChI is InChI=1S/C21H25N5O/c1-15-19-13-17(14-22-20(19)25-24-15)21(27)23-18-8-11-26(12-9-18)10-7-16-5-3-2-4-6-16/h2-6,13-14,18H,7-12H2,1H3,(H,23,27)(H,22,24,25). The molecule has 1 amide bonds. The molecule has 0 atom stereocenters. The highest BCUT2D eigenvalue weighted by atomic mass is 16.1. The minimum absolute atomic E-state index is 0.0484. The fourth-order valence-electron chi connectivity index (χ4n) is 3.65. The third-order valence-corrected chi connectivity index (χ3v) is 5.34. The lowest BCUT2D eigenvalue weighted by Crippen LogP contribution is -2.45. The molecule has 2 aromatic heterocycles. The molecule has 4 rings (SSSR count). The van der Waals surface area contributed by atoms with Gasteiger partial charge in [0.2, 0.25) is 0 Å². The van der Waals surface area contributed by atoms with Gasteiger partial charge in [0.05, 0.1) is 5.56 Å². The topological polar surface area (TPSA) is 73.9 Å². The maximum atomic E-state index is 12.6. The Balaban J connectivity index is 1.28. The molecule has 0 radical (unpaired) electrons. The van der Waals surface area contributed by atoms with Gasteiger partial charge in [-0.25, -0.2) is 4.98 Å². The summed E-state index contributed by atoms with van der Waals surface area (Å²) in [5.74, 6) is -0.0484. The van der Waals surface area contributed by atoms with Gasteiger partial charge in [-0.1, -0.05) is 30.3 Å². The molecule has 3 aromatic rings. The van der Waals surface area contributed by atoms with E-state index in [1.165, 1.54) is 5.56 Å². The molecule has 0 bridgehead atoms. The van der Waals surface area contributed by atoms with Crippen molar-refractivity contribution in [3.05, 3.63) is 59.4 Å². The fraction of sp³-hybridized carbons (Fsp3) is 0.381. The molecular weight excluding hydrogens is 338 g/mol. The number of aromatic amines is 1. The number of rotatable bonds is 5. The van der Waals surface area contributed by atoms with Crippen molar-refractivity contribution in [1.29, 1.82) is 0 Å². The zero-order valence-corrected chi connectivity index (χ0v) is 15.6. The Kier molecular flexibility index (Phi) is 5.16. The Bertz CT molecular complexity index is 913. The summed E-state index contributed by atoms with van der Waals surface area (Å²) >= 11 is 0. The third kappa shape index (κ3) is 4.17. The van der Waals surface area contributed by atoms with Crippen LogP contribution in [-0.2, 0) is 6.42 Å². The normalized spacial score (nSPS) is 15.9. The zero-order valence-electron chi connectivity index (χ0n) is 15.6. The number of hydrogen-bond acceptors (Lipinski definition) is 4. The fourth-order valence-corrected chi connectivity index (χ4v) is 3.65. The molecule has 2 N–H and O–H groups in total. The van der Waals surface area contributed by atoms with Crippen LogP contribution in [0.1, 0.15) is 34.5 Å². The van der Waals surface area contributed by atoms with Crippen molar-refractivity contribution in [2.75, 3.05) is 19.6 Å². The number of likely N-dealkylation sites (tertiary alicyclic amines) is 1. The number of aromatic nitrogens is 3. The second kappa shape index (κ2) is 7.88. The maximum absolute atomic E-state index is 12.6. The predicted octanol–water partition coefficient (Wildman–Crippen LogP) is 2.70. The molecular formula is C21H25N5O. The van der Waals surface area contributed by atoms with E-state index in [0.717, 1.165) is 50.0 Å². The summed E-state index contributed by atoms with van der Waals surface area (Å²) in [6.45, 7) is 5.06. The first-order chi connectivity index (χ1) is 13.2. The number of benzene rings is 1. The Morgan fingerprint density at radius 1 is 1.26 bits per heavy atom. The molecule has 3 heterocycles. The number of carbonyl (C=O) groups excluding carboxylic acids is 1. The number of pyridine rings is 1. The van der Waals surface area contributed by atoms with Gasteiger partial charge in [0, 0.05) is 43.0 Å². The van der Waals surface area contributed by atoms with E-state index in [0.29, 0.717) is 11.2 Å². The molecule has 140 valence electrons. The largest absolute Gasteiger partial charge is 0.349 e. The molecule has 6 heteroatoms. The van der Waals surface area contributed by atoms with E-state index in [9.17, 15) is 4.79 Å². The highest BCUT2D eigenvalue weighted by Crippen LogP contribution is 2.16. The van der Waals surface area contributed by atoms with Crippen molar-refractivity contribution < 1.29 is 4.79 Å². The third-order valence-electron chi connectivity index (χ3n) is 5.34. The number of nitrogens with one attached hydrogen (secondary N) is 2. The smallest absolute Gasteiger partial charge is 0.253 e. The molecule has 1 aliphatic heterocycles. The number of aryl methyl sites for hydroxylation is 1. The average Bonchev–Trinajstić information content (AvgIpc) is 3.08. The zero-order chi connectivity index (χ0) is 18.6. The first kappa shape index (κ1) is 17.7. The van der Waals surface area contributed by atoms with Gasteiger partial charge < -0.3 is 10.2 Å². The van der Waals surface area contributed by atoms with Crippen LogP contribution in [0.3, 0.4) is 0 Å². The summed E-state index contributed by atoms with van der Waals surface area (Å²) in [6, 6.07) is 12.7. The molecule has 1 fully saturated rings. The minimum Gasteiger partial charge on any atom is -0.349 e. The van der Waals surface area contributed by atoms with E-state index in [2.05, 4.69) is 55.7 Å². The first-order valence-electron chi connectivity index (χ1n) is 9.57. The van der Waals surface area contributed by atoms with Crippen LogP contribution >= 0.6 is 0 Å². The van der Waals surface area contributed by atoms with Gasteiger partial charge in [0.15, 0.2) is 5.65 Å². The SMILES string of the molecule is Cc1[nH]nc2ncc(C(=O)NC3CCN(CCc4ccccc4)CC3)cc12. The Hall–Kier alpha value is -2.73. The summed E-state index contributed by atoms with van der Waals surface area (Å²) in [6.07, 6.45) is 4.66. The van der Waals surface area contributed by atoms with E-state index in [4.69, 9.17) is 0 Å². The van der Waals surface area contributed by atoms with E-state index in [1.54, 1.807) is 6.20 Å². The van der Waals surface area contributed by atoms with E-state index in [1.807, 2.05) is 13.0 Å². The summed E-state index contributed by atoms with van der Waals surface area (Å²) in [5.41, 5.74) is 3.55. The molecule has 0 unspecified atom stereocenters. The molecule has 0 aliphatic carbocycles. The lowest BCUT2D eigenvalue weighted by molar-refractivity contribution is 0.0911. The van der Waals surface area contributed by atoms with Crippen molar-refractivity contribution in [2.24, 2.45) is 0 Å². The van der Waals surface area contributed by atoms with Gasteiger partial charge in [-0.15, -0.1) is 0 Å². The Morgan fingerprint density at radius 2 is 2.04 bits per heavy atom. The number of fused-ring (bicyclic) bond motifs is 1. The van der Waals surface area contributed by atoms with Crippen LogP contribution in [0.4, 0.5) is 0 Å². The number of hydrogen-bond donors (Lipinski definition) is 2. The van der Waals surface area contributed by atoms with Crippen LogP contribution in [0.15, 0.2) is 42.6 Å². The van der Waals surface area contributed by atoms with E-state index >= 15 is 0 Å². The van der Waals surface area contributed by atoms with Crippen LogP contribution in [0.25, 0.3) is 11.0 Å². The van der Waals surface area contributed by atoms with Crippen LogP contribution in [0.2, 0.25) is 0 Å². The molecule has 6 nitrogen and oxygen atoms in total. The second-order valence-electron chi connectivity index (χ2n) is 7.27. The van der Waals surface area contributed by atoms with Crippen molar-refractivity contribution in [2.45, 2.75) is 32.2 Å². The summed E-state index contributed by atoms with van der Waals surface area (Å²) in [5, 5.41) is 11.1. The summed E-state index contributed by atoms with van der Waals surface area (Å²) in [7, 11) is 0. The van der Waals surface area contributed by atoms with Gasteiger partial charge in [-0.05, 0) is 37.8 Å². The monoisotopic (exact) mass is 363 g/mol. The van der Waals surface area contributed by atoms with Gasteiger partial charge >= 0.3 is 0 Å². The molecule has 1 aromatic carbocycles. The summed E-state index contributed by atoms with van der Waals surface area (Å²) in [4.78, 5) is 19.3. The van der Waals surface area contributed by atoms with Crippen molar-refractivity contribution >= 4 is 16.9 Å². The van der Waals surface area contributed by atoms with Crippen molar-refractivity contribution in [1.82, 2.24) is 25.4 Å². The number of piperidine rings is 1. The van der Waals surface area contributed by atoms with Gasteiger partial charge in [0.1, 0.15) is 0 Å². The maximum Gasteiger partial charge on any atom is 0.253 e. The second-order valence-corrected chi connectivity index (χ2v) is 7.27. The number of H-pyrrole nitrogens is 1. The molecule has 1 saturated heterocycles. The number of carbonyl (C=O) groups is 1. The van der Waals surface area contributed by atoms with Gasteiger partial charge in [-0.3, -0.25) is 9.89 Å². The molecule has 0 saturated carbocycles. The average molecular weight is 363 g/mol. The first-order valence-corrected chi connectivity index (χ1v) is 9.57. The van der Waals surface area contributed by atoms with Gasteiger partial charge in [0.25, 0.3) is 5.91 Å². The predicted molar refractivity (Wildman–Crippen MR) is 106 cm³/mol. The van der Waals surface area contributed by atoms with E-state index in [-0.39, 0.29) is 11.9 Å². The van der Waals surface area contributed by atoms with Crippen LogP contribution in [0.5, 0.6) is 0 Å². The molecule has 0 spiro atoms. The van der Waals surface area contributed by atoms with Crippen LogP contribution in [-0.4, -0.2) is 51.7 Å². The Labute approximate surface area is 159 Å². The molecule has 27 heavy (non-hydrogen) atoms. The summed E-state index contributed by atoms with van der Waals surface area (Å²) < 4.78 is 0. The van der Waals surface area contributed by atoms with Gasteiger partial charge in [-0.2, -0.15) is 5.10 Å². The minimum atomic E-state index is -0.0484. The van der Waals surface area contributed by atoms with E-state index < -0.39 is 0 Å². The lowest BCUT2D eigenvalue weighted by Gasteiger charge is -2.32. The highest BCUT2D eigenvalue weighted by Gasteiger charge is 2.21. The number of nitrogens with zero attached hydrogens (tertiary/aromatic N) is 3. The van der Waals surface area contributed by atoms with Crippen molar-refractivity contribution in [3.8, 4) is 0 Å². The lowest BCUT2D eigenvalue weighted by atomic mass is 10.0. The number of amides is 1. The van der Waals surface area contributed by atoms with Crippen LogP contribution in [0, 0.1) is 6.92 Å². The highest BCUT2D eigenvalue weighted by molar-refractivity contribution is 5.97. The Morgan fingerprint density at radius 3 is 2.81 bits per heavy atom.